The molecule has 5 nitrogen and oxygen atoms in total. The van der Waals surface area contributed by atoms with Gasteiger partial charge in [-0.1, -0.05) is 0 Å². The lowest BCUT2D eigenvalue weighted by atomic mass is 9.95. The van der Waals surface area contributed by atoms with Crippen molar-refractivity contribution in [3.05, 3.63) is 23.5 Å². The highest BCUT2D eigenvalue weighted by Crippen LogP contribution is 2.36. The number of ether oxygens (including phenoxy) is 1. The summed E-state index contributed by atoms with van der Waals surface area (Å²) in [6.45, 7) is 1.86. The van der Waals surface area contributed by atoms with Crippen LogP contribution in [0.1, 0.15) is 35.3 Å². The van der Waals surface area contributed by atoms with Gasteiger partial charge in [0.2, 0.25) is 0 Å². The molecule has 0 radical (unpaired) electrons. The summed E-state index contributed by atoms with van der Waals surface area (Å²) in [5, 5.41) is 12.5. The number of aromatic carboxylic acids is 1. The number of carboxylic acid groups (broad SMARTS) is 1. The Hall–Kier alpha value is -1.62. The maximum Gasteiger partial charge on any atom is 0.339 e. The molecule has 0 saturated carbocycles. The number of fused-ring (bicyclic) bond motifs is 2. The zero-order valence-electron chi connectivity index (χ0n) is 10.2. The minimum atomic E-state index is -0.950. The monoisotopic (exact) mass is 248 g/mol. The van der Waals surface area contributed by atoms with Crippen LogP contribution in [0, 0.1) is 6.92 Å². The number of carboxylic acids is 1. The third-order valence-corrected chi connectivity index (χ3v) is 3.72. The van der Waals surface area contributed by atoms with Gasteiger partial charge in [0.25, 0.3) is 0 Å². The van der Waals surface area contributed by atoms with Crippen molar-refractivity contribution >= 4 is 11.7 Å². The fourth-order valence-corrected chi connectivity index (χ4v) is 2.84. The van der Waals surface area contributed by atoms with Crippen molar-refractivity contribution in [1.29, 1.82) is 0 Å². The standard InChI is InChI=1S/C13H16N2O3/c1-7-4-10(9(6-14-7)13(16)17)15-11-5-8-2-3-12(11)18-8/h4,6,8,11-12H,2-3,5H2,1H3,(H,14,15)(H,16,17). The lowest BCUT2D eigenvalue weighted by Gasteiger charge is -2.22. The highest BCUT2D eigenvalue weighted by Gasteiger charge is 2.40. The number of aromatic nitrogens is 1. The molecule has 2 aliphatic heterocycles. The van der Waals surface area contributed by atoms with Gasteiger partial charge in [-0.05, 0) is 32.3 Å². The van der Waals surface area contributed by atoms with Gasteiger partial charge < -0.3 is 15.2 Å². The molecule has 1 aromatic rings. The summed E-state index contributed by atoms with van der Waals surface area (Å²) >= 11 is 0. The first-order chi connectivity index (χ1) is 8.63. The first-order valence-corrected chi connectivity index (χ1v) is 6.25. The zero-order chi connectivity index (χ0) is 12.7. The summed E-state index contributed by atoms with van der Waals surface area (Å²) in [7, 11) is 0. The maximum absolute atomic E-state index is 11.2. The summed E-state index contributed by atoms with van der Waals surface area (Å²) in [6, 6.07) is 2.01. The van der Waals surface area contributed by atoms with Gasteiger partial charge >= 0.3 is 5.97 Å². The Labute approximate surface area is 105 Å². The average Bonchev–Trinajstić information content (AvgIpc) is 2.90. The van der Waals surface area contributed by atoms with E-state index in [4.69, 9.17) is 9.84 Å². The van der Waals surface area contributed by atoms with Crippen LogP contribution in [-0.4, -0.2) is 34.3 Å². The molecule has 3 rings (SSSR count). The molecule has 2 N–H and O–H groups in total. The SMILES string of the molecule is Cc1cc(NC2CC3CCC2O3)c(C(=O)O)cn1. The van der Waals surface area contributed by atoms with Gasteiger partial charge in [-0.2, -0.15) is 0 Å². The summed E-state index contributed by atoms with van der Waals surface area (Å²) in [5.74, 6) is -0.950. The van der Waals surface area contributed by atoms with Crippen molar-refractivity contribution in [3.63, 3.8) is 0 Å². The van der Waals surface area contributed by atoms with Gasteiger partial charge in [0, 0.05) is 11.9 Å². The van der Waals surface area contributed by atoms with Crippen LogP contribution in [0.3, 0.4) is 0 Å². The molecule has 2 bridgehead atoms. The molecular formula is C13H16N2O3. The minimum Gasteiger partial charge on any atom is -0.478 e. The molecular weight excluding hydrogens is 232 g/mol. The number of aryl methyl sites for hydroxylation is 1. The van der Waals surface area contributed by atoms with Crippen LogP contribution in [0.5, 0.6) is 0 Å². The van der Waals surface area contributed by atoms with Gasteiger partial charge in [0.1, 0.15) is 5.56 Å². The molecule has 5 heteroatoms. The Balaban J connectivity index is 1.83. The third kappa shape index (κ3) is 1.95. The first kappa shape index (κ1) is 11.5. The zero-order valence-corrected chi connectivity index (χ0v) is 10.2. The van der Waals surface area contributed by atoms with E-state index in [1.807, 2.05) is 6.92 Å². The molecule has 0 spiro atoms. The van der Waals surface area contributed by atoms with E-state index in [0.717, 1.165) is 25.0 Å². The van der Waals surface area contributed by atoms with Crippen LogP contribution in [-0.2, 0) is 4.74 Å². The van der Waals surface area contributed by atoms with E-state index in [-0.39, 0.29) is 17.7 Å². The minimum absolute atomic E-state index is 0.225. The highest BCUT2D eigenvalue weighted by atomic mass is 16.5. The predicted molar refractivity (Wildman–Crippen MR) is 65.9 cm³/mol. The summed E-state index contributed by atoms with van der Waals surface area (Å²) in [5.41, 5.74) is 1.69. The van der Waals surface area contributed by atoms with Gasteiger partial charge in [-0.25, -0.2) is 4.79 Å². The van der Waals surface area contributed by atoms with Gasteiger partial charge in [0.05, 0.1) is 23.9 Å². The normalized spacial score (nSPS) is 29.5. The van der Waals surface area contributed by atoms with Crippen molar-refractivity contribution in [3.8, 4) is 0 Å². The van der Waals surface area contributed by atoms with Gasteiger partial charge in [0.15, 0.2) is 0 Å². The molecule has 1 aromatic heterocycles. The predicted octanol–water partition coefficient (Wildman–Crippen LogP) is 1.82. The molecule has 0 aliphatic carbocycles. The molecule has 0 aromatic carbocycles. The first-order valence-electron chi connectivity index (χ1n) is 6.25. The van der Waals surface area contributed by atoms with E-state index in [1.54, 1.807) is 6.07 Å². The van der Waals surface area contributed by atoms with Crippen molar-refractivity contribution < 1.29 is 14.6 Å². The van der Waals surface area contributed by atoms with E-state index < -0.39 is 5.97 Å². The van der Waals surface area contributed by atoms with Crippen molar-refractivity contribution in [2.24, 2.45) is 0 Å². The molecule has 2 saturated heterocycles. The van der Waals surface area contributed by atoms with Gasteiger partial charge in [-0.15, -0.1) is 0 Å². The number of anilines is 1. The Morgan fingerprint density at radius 2 is 2.39 bits per heavy atom. The van der Waals surface area contributed by atoms with Crippen LogP contribution < -0.4 is 5.32 Å². The van der Waals surface area contributed by atoms with E-state index in [9.17, 15) is 4.79 Å². The smallest absolute Gasteiger partial charge is 0.339 e. The van der Waals surface area contributed by atoms with Crippen LogP contribution >= 0.6 is 0 Å². The van der Waals surface area contributed by atoms with Crippen molar-refractivity contribution in [2.75, 3.05) is 5.32 Å². The van der Waals surface area contributed by atoms with Crippen LogP contribution in [0.25, 0.3) is 0 Å². The van der Waals surface area contributed by atoms with Gasteiger partial charge in [-0.3, -0.25) is 4.98 Å². The molecule has 18 heavy (non-hydrogen) atoms. The Kier molecular flexibility index (Phi) is 2.70. The Bertz CT molecular complexity index is 489. The number of carbonyl (C=O) groups is 1. The average molecular weight is 248 g/mol. The fourth-order valence-electron chi connectivity index (χ4n) is 2.84. The number of nitrogens with one attached hydrogen (secondary N) is 1. The van der Waals surface area contributed by atoms with Crippen LogP contribution in [0.2, 0.25) is 0 Å². The number of nitrogens with zero attached hydrogens (tertiary/aromatic N) is 1. The summed E-state index contributed by atoms with van der Waals surface area (Å²) in [6.07, 6.45) is 5.15. The molecule has 3 unspecified atom stereocenters. The van der Waals surface area contributed by atoms with Crippen LogP contribution in [0.15, 0.2) is 12.3 Å². The van der Waals surface area contributed by atoms with Crippen LogP contribution in [0.4, 0.5) is 5.69 Å². The van der Waals surface area contributed by atoms with E-state index in [2.05, 4.69) is 10.3 Å². The third-order valence-electron chi connectivity index (χ3n) is 3.72. The molecule has 3 heterocycles. The lowest BCUT2D eigenvalue weighted by molar-refractivity contribution is 0.0697. The summed E-state index contributed by atoms with van der Waals surface area (Å²) in [4.78, 5) is 15.2. The molecule has 2 aliphatic rings. The topological polar surface area (TPSA) is 71.5 Å². The molecule has 96 valence electrons. The number of pyridine rings is 1. The second-order valence-corrected chi connectivity index (χ2v) is 5.04. The quantitative estimate of drug-likeness (QED) is 0.853. The maximum atomic E-state index is 11.2. The Morgan fingerprint density at radius 3 is 3.00 bits per heavy atom. The van der Waals surface area contributed by atoms with E-state index in [1.165, 1.54) is 6.20 Å². The van der Waals surface area contributed by atoms with Crippen molar-refractivity contribution in [2.45, 2.75) is 44.4 Å². The molecule has 2 fully saturated rings. The van der Waals surface area contributed by atoms with E-state index in [0.29, 0.717) is 11.8 Å². The van der Waals surface area contributed by atoms with Crippen molar-refractivity contribution in [1.82, 2.24) is 4.98 Å². The largest absolute Gasteiger partial charge is 0.478 e. The fraction of sp³-hybridized carbons (Fsp3) is 0.538. The van der Waals surface area contributed by atoms with E-state index >= 15 is 0 Å². The molecule has 3 atom stereocenters. The Morgan fingerprint density at radius 1 is 1.56 bits per heavy atom. The number of rotatable bonds is 3. The number of hydrogen-bond acceptors (Lipinski definition) is 4. The second kappa shape index (κ2) is 4.24. The number of hydrogen-bond donors (Lipinski definition) is 2. The molecule has 0 amide bonds. The lowest BCUT2D eigenvalue weighted by Crippen LogP contribution is -2.31. The second-order valence-electron chi connectivity index (χ2n) is 5.04. The summed E-state index contributed by atoms with van der Waals surface area (Å²) < 4.78 is 5.76. The highest BCUT2D eigenvalue weighted by molar-refractivity contribution is 5.93.